The van der Waals surface area contributed by atoms with Crippen LogP contribution in [0, 0.1) is 20.8 Å². The van der Waals surface area contributed by atoms with E-state index in [-0.39, 0.29) is 25.2 Å². The van der Waals surface area contributed by atoms with Crippen molar-refractivity contribution in [3.63, 3.8) is 0 Å². The fraction of sp³-hybridized carbons (Fsp3) is 0.708. The second-order valence-electron chi connectivity index (χ2n) is 8.66. The van der Waals surface area contributed by atoms with Crippen molar-refractivity contribution in [2.75, 3.05) is 52.5 Å². The van der Waals surface area contributed by atoms with Crippen molar-refractivity contribution in [3.8, 4) is 0 Å². The van der Waals surface area contributed by atoms with Gasteiger partial charge in [-0.25, -0.2) is 8.42 Å². The van der Waals surface area contributed by atoms with Crippen molar-refractivity contribution < 1.29 is 17.9 Å². The second-order valence-corrected chi connectivity index (χ2v) is 10.5. The van der Waals surface area contributed by atoms with Gasteiger partial charge in [0.15, 0.2) is 0 Å². The number of carbonyl (C=O) groups is 1. The van der Waals surface area contributed by atoms with Gasteiger partial charge in [-0.3, -0.25) is 4.79 Å². The van der Waals surface area contributed by atoms with Gasteiger partial charge in [0, 0.05) is 32.2 Å². The maximum atomic E-state index is 13.4. The van der Waals surface area contributed by atoms with Gasteiger partial charge in [0.25, 0.3) is 0 Å². The molecule has 0 unspecified atom stereocenters. The van der Waals surface area contributed by atoms with Gasteiger partial charge in [0.2, 0.25) is 15.9 Å². The first-order valence-corrected chi connectivity index (χ1v) is 13.3. The lowest BCUT2D eigenvalue weighted by Crippen LogP contribution is -2.42. The van der Waals surface area contributed by atoms with Crippen LogP contribution in [0.3, 0.4) is 0 Å². The lowest BCUT2D eigenvalue weighted by atomic mass is 10.1. The Hall–Kier alpha value is -1.48. The topological polar surface area (TPSA) is 70.2 Å². The van der Waals surface area contributed by atoms with Gasteiger partial charge in [-0.2, -0.15) is 4.31 Å². The Morgan fingerprint density at radius 1 is 1.06 bits per heavy atom. The van der Waals surface area contributed by atoms with Crippen molar-refractivity contribution in [3.05, 3.63) is 28.8 Å². The fourth-order valence-electron chi connectivity index (χ4n) is 4.62. The minimum Gasteiger partial charge on any atom is -0.370 e. The molecule has 1 aliphatic rings. The molecule has 0 bridgehead atoms. The summed E-state index contributed by atoms with van der Waals surface area (Å²) < 4.78 is 34.2. The molecule has 0 aromatic heterocycles. The molecule has 0 N–H and O–H groups in total. The molecule has 1 aromatic rings. The van der Waals surface area contributed by atoms with Crippen molar-refractivity contribution in [1.82, 2.24) is 14.1 Å². The van der Waals surface area contributed by atoms with Crippen LogP contribution in [0.1, 0.15) is 50.3 Å². The van der Waals surface area contributed by atoms with E-state index in [1.54, 1.807) is 9.21 Å². The molecule has 1 fully saturated rings. The van der Waals surface area contributed by atoms with Crippen LogP contribution in [0.2, 0.25) is 0 Å². The quantitative estimate of drug-likeness (QED) is 0.473. The molecule has 0 radical (unpaired) electrons. The molecule has 182 valence electrons. The monoisotopic (exact) mass is 467 g/mol. The van der Waals surface area contributed by atoms with Crippen molar-refractivity contribution in [2.45, 2.75) is 65.3 Å². The van der Waals surface area contributed by atoms with E-state index in [9.17, 15) is 13.2 Å². The smallest absolute Gasteiger partial charge is 0.248 e. The maximum absolute atomic E-state index is 13.4. The van der Waals surface area contributed by atoms with E-state index in [0.717, 1.165) is 49.2 Å². The number of rotatable bonds is 12. The molecule has 0 spiro atoms. The lowest BCUT2D eigenvalue weighted by molar-refractivity contribution is -0.136. The number of likely N-dealkylation sites (N-methyl/N-ethyl adjacent to an activating group) is 2. The summed E-state index contributed by atoms with van der Waals surface area (Å²) >= 11 is 0. The Kier molecular flexibility index (Phi) is 10.1. The van der Waals surface area contributed by atoms with E-state index in [2.05, 4.69) is 18.7 Å². The van der Waals surface area contributed by atoms with E-state index in [0.29, 0.717) is 24.5 Å². The zero-order valence-corrected chi connectivity index (χ0v) is 21.5. The lowest BCUT2D eigenvalue weighted by Gasteiger charge is -2.27. The van der Waals surface area contributed by atoms with E-state index in [1.807, 2.05) is 39.8 Å². The zero-order chi connectivity index (χ0) is 23.9. The number of hydrogen-bond donors (Lipinski definition) is 0. The molecule has 8 heteroatoms. The molecule has 1 saturated heterocycles. The van der Waals surface area contributed by atoms with Crippen LogP contribution in [-0.4, -0.2) is 87.0 Å². The predicted octanol–water partition coefficient (Wildman–Crippen LogP) is 2.97. The van der Waals surface area contributed by atoms with Crippen LogP contribution < -0.4 is 0 Å². The molecule has 7 nitrogen and oxygen atoms in total. The first-order valence-electron chi connectivity index (χ1n) is 11.8. The third kappa shape index (κ3) is 6.53. The number of ether oxygens (including phenoxy) is 1. The Labute approximate surface area is 194 Å². The number of hydrogen-bond acceptors (Lipinski definition) is 5. The minimum absolute atomic E-state index is 0.0148. The highest BCUT2D eigenvalue weighted by Crippen LogP contribution is 2.30. The van der Waals surface area contributed by atoms with Crippen LogP contribution in [0.5, 0.6) is 0 Å². The van der Waals surface area contributed by atoms with Crippen molar-refractivity contribution >= 4 is 15.9 Å². The van der Waals surface area contributed by atoms with Crippen molar-refractivity contribution in [2.24, 2.45) is 0 Å². The predicted molar refractivity (Wildman–Crippen MR) is 128 cm³/mol. The molecule has 2 rings (SSSR count). The summed E-state index contributed by atoms with van der Waals surface area (Å²) in [5, 5.41) is 0. The summed E-state index contributed by atoms with van der Waals surface area (Å²) in [6, 6.07) is 3.59. The van der Waals surface area contributed by atoms with Gasteiger partial charge in [-0.1, -0.05) is 31.5 Å². The molecule has 32 heavy (non-hydrogen) atoms. The molecule has 1 aliphatic heterocycles. The number of amides is 1. The number of carbonyl (C=O) groups excluding carboxylic acids is 1. The van der Waals surface area contributed by atoms with E-state index in [1.165, 1.54) is 0 Å². The largest absolute Gasteiger partial charge is 0.370 e. The number of sulfonamides is 1. The minimum atomic E-state index is -3.61. The normalized spacial score (nSPS) is 17.3. The average Bonchev–Trinajstić information content (AvgIpc) is 3.20. The summed E-state index contributed by atoms with van der Waals surface area (Å²) in [5.41, 5.74) is 2.60. The van der Waals surface area contributed by atoms with E-state index >= 15 is 0 Å². The van der Waals surface area contributed by atoms with Gasteiger partial charge < -0.3 is 14.5 Å². The molecule has 1 amide bonds. The second kappa shape index (κ2) is 12.1. The third-order valence-corrected chi connectivity index (χ3v) is 8.60. The van der Waals surface area contributed by atoms with Gasteiger partial charge >= 0.3 is 0 Å². The number of benzene rings is 1. The third-order valence-electron chi connectivity index (χ3n) is 6.35. The summed E-state index contributed by atoms with van der Waals surface area (Å²) in [6.45, 7) is 16.7. The van der Waals surface area contributed by atoms with Crippen LogP contribution in [0.15, 0.2) is 17.0 Å². The highest BCUT2D eigenvalue weighted by Gasteiger charge is 2.37. The van der Waals surface area contributed by atoms with Crippen LogP contribution >= 0.6 is 0 Å². The van der Waals surface area contributed by atoms with Gasteiger partial charge in [0.05, 0.1) is 11.5 Å². The molecule has 1 heterocycles. The number of aryl methyl sites for hydroxylation is 3. The van der Waals surface area contributed by atoms with Gasteiger partial charge in [-0.05, 0) is 64.8 Å². The Morgan fingerprint density at radius 2 is 1.69 bits per heavy atom. The van der Waals surface area contributed by atoms with E-state index in [4.69, 9.17) is 4.74 Å². The fourth-order valence-corrected chi connectivity index (χ4v) is 6.71. The Bertz CT molecular complexity index is 845. The Balaban J connectivity index is 1.98. The summed E-state index contributed by atoms with van der Waals surface area (Å²) in [7, 11) is -3.61. The van der Waals surface area contributed by atoms with Crippen molar-refractivity contribution in [1.29, 1.82) is 0 Å². The molecular weight excluding hydrogens is 426 g/mol. The zero-order valence-electron chi connectivity index (χ0n) is 20.7. The first-order chi connectivity index (χ1) is 15.1. The van der Waals surface area contributed by atoms with Crippen LogP contribution in [-0.2, 0) is 19.6 Å². The van der Waals surface area contributed by atoms with Gasteiger partial charge in [-0.15, -0.1) is 0 Å². The van der Waals surface area contributed by atoms with Gasteiger partial charge in [0.1, 0.15) is 6.61 Å². The maximum Gasteiger partial charge on any atom is 0.248 e. The molecule has 1 aromatic carbocycles. The Morgan fingerprint density at radius 3 is 2.25 bits per heavy atom. The average molecular weight is 468 g/mol. The van der Waals surface area contributed by atoms with Crippen LogP contribution in [0.25, 0.3) is 0 Å². The number of nitrogens with zero attached hydrogens (tertiary/aromatic N) is 3. The molecule has 0 aliphatic carbocycles. The SMILES string of the molecule is CCN(CC)CCN(CC)C(=O)COC[C@@H]1CCCN1S(=O)(=O)c1c(C)cc(C)cc1C. The molecular formula is C24H41N3O4S. The highest BCUT2D eigenvalue weighted by molar-refractivity contribution is 7.89. The summed E-state index contributed by atoms with van der Waals surface area (Å²) in [4.78, 5) is 17.1. The molecule has 1 atom stereocenters. The van der Waals surface area contributed by atoms with Crippen LogP contribution in [0.4, 0.5) is 0 Å². The molecule has 0 saturated carbocycles. The van der Waals surface area contributed by atoms with E-state index < -0.39 is 10.0 Å². The highest BCUT2D eigenvalue weighted by atomic mass is 32.2. The first kappa shape index (κ1) is 26.8. The summed E-state index contributed by atoms with van der Waals surface area (Å²) in [5.74, 6) is -0.0442. The summed E-state index contributed by atoms with van der Waals surface area (Å²) in [6.07, 6.45) is 1.55. The standard InChI is InChI=1S/C24H41N3O4S/c1-7-25(8-2)13-14-26(9-3)23(28)18-31-17-22-11-10-12-27(22)32(29,30)24-20(5)15-19(4)16-21(24)6/h15-16,22H,7-14,17-18H2,1-6H3/t22-/m0/s1.